The van der Waals surface area contributed by atoms with Gasteiger partial charge in [0.1, 0.15) is 11.4 Å². The molecule has 0 aliphatic carbocycles. The molecular formula is C15H16FNO. The standard InChI is InChI=1S/C15H16FNO/c1-2-9-15(18,12-6-4-3-5-7-12)13-8-10-17-11-14(13)16/h3-8,10-11,18H,2,9H2,1H3. The van der Waals surface area contributed by atoms with E-state index >= 15 is 0 Å². The third kappa shape index (κ3) is 2.27. The van der Waals surface area contributed by atoms with E-state index in [-0.39, 0.29) is 5.56 Å². The number of rotatable bonds is 4. The highest BCUT2D eigenvalue weighted by Crippen LogP contribution is 2.35. The van der Waals surface area contributed by atoms with E-state index in [1.165, 1.54) is 12.3 Å². The fraction of sp³-hybridized carbons (Fsp3) is 0.267. The fourth-order valence-corrected chi connectivity index (χ4v) is 2.22. The Hall–Kier alpha value is -1.74. The maximum absolute atomic E-state index is 13.9. The summed E-state index contributed by atoms with van der Waals surface area (Å²) < 4.78 is 13.9. The Kier molecular flexibility index (Phi) is 3.72. The molecule has 3 heteroatoms. The summed E-state index contributed by atoms with van der Waals surface area (Å²) in [6.07, 6.45) is 3.87. The summed E-state index contributed by atoms with van der Waals surface area (Å²) in [5.74, 6) is -0.475. The molecular weight excluding hydrogens is 229 g/mol. The Morgan fingerprint density at radius 3 is 2.56 bits per heavy atom. The third-order valence-corrected chi connectivity index (χ3v) is 3.08. The zero-order valence-electron chi connectivity index (χ0n) is 10.3. The summed E-state index contributed by atoms with van der Waals surface area (Å²) in [6.45, 7) is 1.97. The molecule has 94 valence electrons. The van der Waals surface area contributed by atoms with Crippen LogP contribution in [0.15, 0.2) is 48.8 Å². The van der Waals surface area contributed by atoms with Crippen molar-refractivity contribution in [1.29, 1.82) is 0 Å². The number of aromatic nitrogens is 1. The number of nitrogens with zero attached hydrogens (tertiary/aromatic N) is 1. The second-order valence-corrected chi connectivity index (χ2v) is 4.33. The quantitative estimate of drug-likeness (QED) is 0.896. The average molecular weight is 245 g/mol. The van der Waals surface area contributed by atoms with Crippen LogP contribution in [0.25, 0.3) is 0 Å². The van der Waals surface area contributed by atoms with Crippen LogP contribution in [-0.4, -0.2) is 10.1 Å². The monoisotopic (exact) mass is 245 g/mol. The predicted molar refractivity (Wildman–Crippen MR) is 68.5 cm³/mol. The van der Waals surface area contributed by atoms with Gasteiger partial charge < -0.3 is 5.11 Å². The van der Waals surface area contributed by atoms with E-state index in [4.69, 9.17) is 0 Å². The van der Waals surface area contributed by atoms with Crippen molar-refractivity contribution in [3.05, 3.63) is 65.7 Å². The highest BCUT2D eigenvalue weighted by atomic mass is 19.1. The highest BCUT2D eigenvalue weighted by molar-refractivity contribution is 5.35. The minimum atomic E-state index is -1.29. The molecule has 0 amide bonds. The van der Waals surface area contributed by atoms with Gasteiger partial charge in [0, 0.05) is 11.8 Å². The SMILES string of the molecule is CCCC(O)(c1ccccc1)c1ccncc1F. The van der Waals surface area contributed by atoms with Crippen molar-refractivity contribution < 1.29 is 9.50 Å². The van der Waals surface area contributed by atoms with E-state index < -0.39 is 11.4 Å². The smallest absolute Gasteiger partial charge is 0.147 e. The van der Waals surface area contributed by atoms with Gasteiger partial charge in [-0.2, -0.15) is 0 Å². The van der Waals surface area contributed by atoms with E-state index in [1.54, 1.807) is 0 Å². The normalized spacial score (nSPS) is 14.2. The number of halogens is 1. The molecule has 1 unspecified atom stereocenters. The van der Waals surface area contributed by atoms with Gasteiger partial charge in [-0.3, -0.25) is 4.98 Å². The van der Waals surface area contributed by atoms with E-state index in [0.717, 1.165) is 12.6 Å². The zero-order chi connectivity index (χ0) is 13.0. The topological polar surface area (TPSA) is 33.1 Å². The first-order valence-electron chi connectivity index (χ1n) is 6.06. The highest BCUT2D eigenvalue weighted by Gasteiger charge is 2.32. The van der Waals surface area contributed by atoms with Gasteiger partial charge in [0.25, 0.3) is 0 Å². The number of hydrogen-bond acceptors (Lipinski definition) is 2. The van der Waals surface area contributed by atoms with Gasteiger partial charge in [0.05, 0.1) is 6.20 Å². The molecule has 0 spiro atoms. The molecule has 0 radical (unpaired) electrons. The van der Waals surface area contributed by atoms with Gasteiger partial charge >= 0.3 is 0 Å². The molecule has 0 bridgehead atoms. The molecule has 0 saturated heterocycles. The molecule has 0 aliphatic heterocycles. The first kappa shape index (κ1) is 12.7. The minimum absolute atomic E-state index is 0.283. The van der Waals surface area contributed by atoms with Gasteiger partial charge in [-0.1, -0.05) is 43.7 Å². The van der Waals surface area contributed by atoms with Crippen molar-refractivity contribution in [2.24, 2.45) is 0 Å². The molecule has 2 rings (SSSR count). The van der Waals surface area contributed by atoms with Crippen LogP contribution in [0.1, 0.15) is 30.9 Å². The molecule has 2 aromatic rings. The average Bonchev–Trinajstić information content (AvgIpc) is 2.40. The van der Waals surface area contributed by atoms with Crippen molar-refractivity contribution >= 4 is 0 Å². The van der Waals surface area contributed by atoms with Gasteiger partial charge in [0.15, 0.2) is 0 Å². The van der Waals surface area contributed by atoms with Gasteiger partial charge in [-0.05, 0) is 18.1 Å². The van der Waals surface area contributed by atoms with E-state index in [2.05, 4.69) is 4.98 Å². The van der Waals surface area contributed by atoms with Crippen LogP contribution >= 0.6 is 0 Å². The van der Waals surface area contributed by atoms with Crippen LogP contribution in [0.2, 0.25) is 0 Å². The Bertz CT molecular complexity index is 515. The molecule has 0 saturated carbocycles. The molecule has 18 heavy (non-hydrogen) atoms. The number of pyridine rings is 1. The second kappa shape index (κ2) is 5.27. The van der Waals surface area contributed by atoms with Crippen LogP contribution in [0.4, 0.5) is 4.39 Å². The van der Waals surface area contributed by atoms with Gasteiger partial charge in [-0.15, -0.1) is 0 Å². The summed E-state index contributed by atoms with van der Waals surface area (Å²) in [6, 6.07) is 10.7. The van der Waals surface area contributed by atoms with Crippen LogP contribution in [-0.2, 0) is 5.60 Å². The van der Waals surface area contributed by atoms with Crippen molar-refractivity contribution in [3.8, 4) is 0 Å². The predicted octanol–water partition coefficient (Wildman–Crippen LogP) is 3.26. The molecule has 1 atom stereocenters. The lowest BCUT2D eigenvalue weighted by atomic mass is 9.83. The fourth-order valence-electron chi connectivity index (χ4n) is 2.22. The summed E-state index contributed by atoms with van der Waals surface area (Å²) in [4.78, 5) is 3.73. The van der Waals surface area contributed by atoms with E-state index in [9.17, 15) is 9.50 Å². The Morgan fingerprint density at radius 2 is 1.94 bits per heavy atom. The minimum Gasteiger partial charge on any atom is -0.380 e. The lowest BCUT2D eigenvalue weighted by Gasteiger charge is -2.29. The Morgan fingerprint density at radius 1 is 1.22 bits per heavy atom. The first-order valence-corrected chi connectivity index (χ1v) is 6.06. The summed E-state index contributed by atoms with van der Waals surface area (Å²) in [5.41, 5.74) is -0.300. The molecule has 1 aromatic heterocycles. The van der Waals surface area contributed by atoms with E-state index in [0.29, 0.717) is 12.0 Å². The number of aliphatic hydroxyl groups is 1. The second-order valence-electron chi connectivity index (χ2n) is 4.33. The summed E-state index contributed by atoms with van der Waals surface area (Å²) in [7, 11) is 0. The largest absolute Gasteiger partial charge is 0.380 e. The van der Waals surface area contributed by atoms with Crippen LogP contribution in [0.3, 0.4) is 0 Å². The Labute approximate surface area is 106 Å². The molecule has 0 aliphatic rings. The molecule has 2 nitrogen and oxygen atoms in total. The van der Waals surface area contributed by atoms with Crippen LogP contribution in [0, 0.1) is 5.82 Å². The van der Waals surface area contributed by atoms with Crippen molar-refractivity contribution in [3.63, 3.8) is 0 Å². The summed E-state index contributed by atoms with van der Waals surface area (Å²) in [5, 5.41) is 10.9. The van der Waals surface area contributed by atoms with Crippen molar-refractivity contribution in [2.75, 3.05) is 0 Å². The van der Waals surface area contributed by atoms with Crippen LogP contribution < -0.4 is 0 Å². The van der Waals surface area contributed by atoms with Gasteiger partial charge in [0.2, 0.25) is 0 Å². The third-order valence-electron chi connectivity index (χ3n) is 3.08. The molecule has 1 N–H and O–H groups in total. The molecule has 1 heterocycles. The molecule has 0 fully saturated rings. The summed E-state index contributed by atoms with van der Waals surface area (Å²) >= 11 is 0. The maximum atomic E-state index is 13.9. The first-order chi connectivity index (χ1) is 8.68. The van der Waals surface area contributed by atoms with Crippen LogP contribution in [0.5, 0.6) is 0 Å². The van der Waals surface area contributed by atoms with Gasteiger partial charge in [-0.25, -0.2) is 4.39 Å². The number of benzene rings is 1. The van der Waals surface area contributed by atoms with Crippen molar-refractivity contribution in [2.45, 2.75) is 25.4 Å². The maximum Gasteiger partial charge on any atom is 0.147 e. The zero-order valence-corrected chi connectivity index (χ0v) is 10.3. The Balaban J connectivity index is 2.55. The van der Waals surface area contributed by atoms with E-state index in [1.807, 2.05) is 37.3 Å². The van der Waals surface area contributed by atoms with Crippen molar-refractivity contribution in [1.82, 2.24) is 4.98 Å². The molecule has 1 aromatic carbocycles. The lowest BCUT2D eigenvalue weighted by Crippen LogP contribution is -2.28. The number of hydrogen-bond donors (Lipinski definition) is 1. The lowest BCUT2D eigenvalue weighted by molar-refractivity contribution is 0.0662.